The summed E-state index contributed by atoms with van der Waals surface area (Å²) in [5.41, 5.74) is 6.43. The van der Waals surface area contributed by atoms with Gasteiger partial charge in [-0.15, -0.1) is 0 Å². The number of nitrogens with one attached hydrogen (secondary N) is 2. The van der Waals surface area contributed by atoms with Gasteiger partial charge >= 0.3 is 0 Å². The lowest BCUT2D eigenvalue weighted by atomic mass is 10.1. The van der Waals surface area contributed by atoms with Crippen molar-refractivity contribution in [3.8, 4) is 11.3 Å². The summed E-state index contributed by atoms with van der Waals surface area (Å²) in [6, 6.07) is 13.1. The molecular weight excluding hydrogens is 437 g/mol. The van der Waals surface area contributed by atoms with Crippen LogP contribution in [0.1, 0.15) is 16.1 Å². The van der Waals surface area contributed by atoms with Gasteiger partial charge in [0.25, 0.3) is 5.91 Å². The van der Waals surface area contributed by atoms with E-state index in [9.17, 15) is 9.59 Å². The Morgan fingerprint density at radius 3 is 2.45 bits per heavy atom. The Labute approximate surface area is 181 Å². The highest BCUT2D eigenvalue weighted by Crippen LogP contribution is 2.31. The van der Waals surface area contributed by atoms with Crippen LogP contribution in [0.2, 0.25) is 15.1 Å². The van der Waals surface area contributed by atoms with E-state index in [1.54, 1.807) is 36.4 Å². The van der Waals surface area contributed by atoms with E-state index >= 15 is 0 Å². The molecule has 0 spiro atoms. The molecule has 0 atom stereocenters. The molecule has 0 aliphatic rings. The van der Waals surface area contributed by atoms with E-state index in [-0.39, 0.29) is 18.0 Å². The number of furan rings is 1. The van der Waals surface area contributed by atoms with Gasteiger partial charge in [0.05, 0.1) is 29.4 Å². The maximum Gasteiger partial charge on any atom is 0.250 e. The minimum atomic E-state index is -0.682. The van der Waals surface area contributed by atoms with E-state index in [4.69, 9.17) is 45.0 Å². The van der Waals surface area contributed by atoms with Gasteiger partial charge in [0, 0.05) is 15.6 Å². The van der Waals surface area contributed by atoms with Crippen molar-refractivity contribution in [1.82, 2.24) is 5.32 Å². The normalized spacial score (nSPS) is 10.7. The van der Waals surface area contributed by atoms with E-state index in [0.29, 0.717) is 44.4 Å². The summed E-state index contributed by atoms with van der Waals surface area (Å²) in [4.78, 5) is 23.6. The van der Waals surface area contributed by atoms with Gasteiger partial charge in [-0.05, 0) is 48.5 Å². The molecule has 3 aromatic rings. The lowest BCUT2D eigenvalue weighted by Gasteiger charge is -2.10. The number of hydrogen-bond acceptors (Lipinski definition) is 4. The van der Waals surface area contributed by atoms with E-state index in [1.165, 1.54) is 12.1 Å². The first kappa shape index (κ1) is 21.2. The van der Waals surface area contributed by atoms with Crippen molar-refractivity contribution in [1.29, 1.82) is 0 Å². The van der Waals surface area contributed by atoms with Crippen LogP contribution >= 0.6 is 34.8 Å². The largest absolute Gasteiger partial charge is 0.460 e. The van der Waals surface area contributed by atoms with Gasteiger partial charge in [-0.3, -0.25) is 9.59 Å². The van der Waals surface area contributed by atoms with Crippen molar-refractivity contribution in [2.75, 3.05) is 11.9 Å². The minimum absolute atomic E-state index is 0.00518. The summed E-state index contributed by atoms with van der Waals surface area (Å²) >= 11 is 18.0. The zero-order valence-corrected chi connectivity index (χ0v) is 17.2. The van der Waals surface area contributed by atoms with Crippen molar-refractivity contribution >= 4 is 52.3 Å². The Morgan fingerprint density at radius 2 is 1.69 bits per heavy atom. The van der Waals surface area contributed by atoms with Crippen LogP contribution in [0.3, 0.4) is 0 Å². The smallest absolute Gasteiger partial charge is 0.250 e. The molecule has 2 amide bonds. The molecule has 3 rings (SSSR count). The number of nitrogens with two attached hydrogens (primary N) is 1. The first-order chi connectivity index (χ1) is 13.8. The van der Waals surface area contributed by atoms with Gasteiger partial charge in [0.15, 0.2) is 0 Å². The first-order valence-electron chi connectivity index (χ1n) is 8.47. The Hall–Kier alpha value is -2.51. The van der Waals surface area contributed by atoms with E-state index in [1.807, 2.05) is 0 Å². The second-order valence-electron chi connectivity index (χ2n) is 6.10. The van der Waals surface area contributed by atoms with Gasteiger partial charge in [-0.25, -0.2) is 0 Å². The van der Waals surface area contributed by atoms with E-state index in [0.717, 1.165) is 0 Å². The first-order valence-corrected chi connectivity index (χ1v) is 9.61. The number of halogens is 3. The Morgan fingerprint density at radius 1 is 0.966 bits per heavy atom. The lowest BCUT2D eigenvalue weighted by Crippen LogP contribution is -2.28. The van der Waals surface area contributed by atoms with Crippen molar-refractivity contribution in [2.24, 2.45) is 5.73 Å². The van der Waals surface area contributed by atoms with Gasteiger partial charge in [0.1, 0.15) is 11.5 Å². The highest BCUT2D eigenvalue weighted by atomic mass is 35.5. The average Bonchev–Trinajstić information content (AvgIpc) is 3.13. The van der Waals surface area contributed by atoms with Crippen molar-refractivity contribution < 1.29 is 14.0 Å². The predicted molar refractivity (Wildman–Crippen MR) is 114 cm³/mol. The zero-order valence-electron chi connectivity index (χ0n) is 15.0. The third-order valence-corrected chi connectivity index (χ3v) is 4.76. The summed E-state index contributed by atoms with van der Waals surface area (Å²) < 4.78 is 5.76. The van der Waals surface area contributed by atoms with Gasteiger partial charge < -0.3 is 20.8 Å². The third-order valence-electron chi connectivity index (χ3n) is 3.96. The maximum atomic E-state index is 12.1. The van der Waals surface area contributed by atoms with Crippen molar-refractivity contribution in [3.05, 3.63) is 74.9 Å². The number of anilines is 1. The highest BCUT2D eigenvalue weighted by molar-refractivity contribution is 6.35. The van der Waals surface area contributed by atoms with Crippen LogP contribution in [-0.4, -0.2) is 18.4 Å². The monoisotopic (exact) mass is 451 g/mol. The van der Waals surface area contributed by atoms with Crippen molar-refractivity contribution in [2.45, 2.75) is 6.54 Å². The number of carbonyl (C=O) groups excluding carboxylic acids is 2. The summed E-state index contributed by atoms with van der Waals surface area (Å²) in [5.74, 6) is 0.164. The Bertz CT molecular complexity index is 1070. The van der Waals surface area contributed by atoms with Gasteiger partial charge in [-0.1, -0.05) is 34.8 Å². The fourth-order valence-electron chi connectivity index (χ4n) is 2.63. The number of hydrogen-bond donors (Lipinski definition) is 3. The van der Waals surface area contributed by atoms with Crippen LogP contribution in [0.4, 0.5) is 5.69 Å². The molecule has 0 saturated heterocycles. The second kappa shape index (κ2) is 9.33. The molecule has 0 bridgehead atoms. The number of amides is 2. The molecule has 0 aliphatic carbocycles. The second-order valence-corrected chi connectivity index (χ2v) is 7.38. The summed E-state index contributed by atoms with van der Waals surface area (Å²) in [6.45, 7) is 0.309. The predicted octanol–water partition coefficient (Wildman–Crippen LogP) is 4.73. The average molecular weight is 453 g/mol. The molecule has 29 heavy (non-hydrogen) atoms. The maximum absolute atomic E-state index is 12.1. The number of primary amides is 1. The lowest BCUT2D eigenvalue weighted by molar-refractivity contribution is -0.115. The summed E-state index contributed by atoms with van der Waals surface area (Å²) in [6.07, 6.45) is 0. The van der Waals surface area contributed by atoms with Gasteiger partial charge in [0.2, 0.25) is 5.91 Å². The standard InChI is InChI=1S/C20H16Cl3N3O3/c21-11-1-4-16(23)14(7-11)18-6-3-13(29-18)9-25-10-19(27)26-17-5-2-12(22)8-15(17)20(24)28/h1-8,25H,9-10H2,(H2,24,28)(H,26,27). The topological polar surface area (TPSA) is 97.4 Å². The fraction of sp³-hybridized carbons (Fsp3) is 0.100. The highest BCUT2D eigenvalue weighted by Gasteiger charge is 2.13. The molecule has 1 heterocycles. The summed E-state index contributed by atoms with van der Waals surface area (Å²) in [7, 11) is 0. The molecule has 6 nitrogen and oxygen atoms in total. The minimum Gasteiger partial charge on any atom is -0.460 e. The molecule has 0 radical (unpaired) electrons. The molecule has 0 unspecified atom stereocenters. The molecule has 1 aromatic heterocycles. The third kappa shape index (κ3) is 5.52. The molecule has 0 aliphatic heterocycles. The van der Waals surface area contributed by atoms with Crippen LogP contribution in [0, 0.1) is 0 Å². The summed E-state index contributed by atoms with van der Waals surface area (Å²) in [5, 5.41) is 7.02. The quantitative estimate of drug-likeness (QED) is 0.482. The van der Waals surface area contributed by atoms with Crippen LogP contribution in [0.5, 0.6) is 0 Å². The SMILES string of the molecule is NC(=O)c1cc(Cl)ccc1NC(=O)CNCc1ccc(-c2cc(Cl)ccc2Cl)o1. The number of carbonyl (C=O) groups is 2. The number of benzene rings is 2. The molecule has 0 saturated carbocycles. The van der Waals surface area contributed by atoms with E-state index in [2.05, 4.69) is 10.6 Å². The van der Waals surface area contributed by atoms with Crippen LogP contribution < -0.4 is 16.4 Å². The molecule has 2 aromatic carbocycles. The van der Waals surface area contributed by atoms with Crippen molar-refractivity contribution in [3.63, 3.8) is 0 Å². The Balaban J connectivity index is 1.57. The molecule has 0 fully saturated rings. The zero-order chi connectivity index (χ0) is 21.0. The van der Waals surface area contributed by atoms with Crippen LogP contribution in [0.25, 0.3) is 11.3 Å². The van der Waals surface area contributed by atoms with Crippen LogP contribution in [-0.2, 0) is 11.3 Å². The van der Waals surface area contributed by atoms with Crippen LogP contribution in [0.15, 0.2) is 52.9 Å². The van der Waals surface area contributed by atoms with Gasteiger partial charge in [-0.2, -0.15) is 0 Å². The van der Waals surface area contributed by atoms with E-state index < -0.39 is 5.91 Å². The molecule has 4 N–H and O–H groups in total. The number of rotatable bonds is 7. The fourth-order valence-corrected chi connectivity index (χ4v) is 3.18. The molecule has 150 valence electrons. The Kier molecular flexibility index (Phi) is 6.82. The molecular formula is C20H16Cl3N3O3. The molecule has 9 heteroatoms.